The number of likely N-dealkylation sites (tertiary alicyclic amines) is 1. The number of hydrogen-bond acceptors (Lipinski definition) is 4. The standard InChI is InChI=1S/C22H26N4O2/c1-16-13-18-14-19(3-4-21(18)28-16)24-22(27)26(15-17-5-9-23-10-6-17)20-7-11-25(2)12-8-20/h3-6,9-10,13-14,20H,7-8,11-12,15H2,1-2H3,(H,24,27). The van der Waals surface area contributed by atoms with Crippen molar-refractivity contribution in [3.05, 3.63) is 60.1 Å². The number of nitrogens with one attached hydrogen (secondary N) is 1. The summed E-state index contributed by atoms with van der Waals surface area (Å²) in [5, 5.41) is 4.08. The summed E-state index contributed by atoms with van der Waals surface area (Å²) in [6, 6.07) is 11.8. The Kier molecular flexibility index (Phi) is 5.30. The lowest BCUT2D eigenvalue weighted by atomic mass is 10.0. The van der Waals surface area contributed by atoms with Crippen LogP contribution >= 0.6 is 0 Å². The average molecular weight is 378 g/mol. The first-order valence-corrected chi connectivity index (χ1v) is 9.74. The highest BCUT2D eigenvalue weighted by atomic mass is 16.3. The van der Waals surface area contributed by atoms with E-state index >= 15 is 0 Å². The summed E-state index contributed by atoms with van der Waals surface area (Å²) in [6.07, 6.45) is 5.51. The van der Waals surface area contributed by atoms with E-state index in [1.807, 2.05) is 48.2 Å². The van der Waals surface area contributed by atoms with Crippen LogP contribution in [0.4, 0.5) is 10.5 Å². The van der Waals surface area contributed by atoms with Crippen molar-refractivity contribution in [1.29, 1.82) is 0 Å². The highest BCUT2D eigenvalue weighted by Gasteiger charge is 2.27. The topological polar surface area (TPSA) is 61.6 Å². The quantitative estimate of drug-likeness (QED) is 0.737. The van der Waals surface area contributed by atoms with Gasteiger partial charge in [0.15, 0.2) is 0 Å². The van der Waals surface area contributed by atoms with Crippen LogP contribution in [0.15, 0.2) is 53.2 Å². The zero-order valence-electron chi connectivity index (χ0n) is 16.4. The molecular weight excluding hydrogens is 352 g/mol. The first-order chi connectivity index (χ1) is 13.6. The molecule has 0 atom stereocenters. The number of aromatic nitrogens is 1. The van der Waals surface area contributed by atoms with Gasteiger partial charge in [-0.1, -0.05) is 0 Å². The van der Waals surface area contributed by atoms with E-state index in [9.17, 15) is 4.79 Å². The molecular formula is C22H26N4O2. The average Bonchev–Trinajstić information content (AvgIpc) is 3.07. The molecule has 2 amide bonds. The van der Waals surface area contributed by atoms with Gasteiger partial charge in [-0.15, -0.1) is 0 Å². The van der Waals surface area contributed by atoms with Crippen molar-refractivity contribution in [1.82, 2.24) is 14.8 Å². The van der Waals surface area contributed by atoms with Gasteiger partial charge >= 0.3 is 6.03 Å². The number of rotatable bonds is 4. The molecule has 1 aliphatic rings. The number of nitrogens with zero attached hydrogens (tertiary/aromatic N) is 3. The molecule has 6 heteroatoms. The summed E-state index contributed by atoms with van der Waals surface area (Å²) in [7, 11) is 2.13. The Morgan fingerprint density at radius 3 is 2.71 bits per heavy atom. The third-order valence-corrected chi connectivity index (χ3v) is 5.38. The number of aryl methyl sites for hydroxylation is 1. The Hall–Kier alpha value is -2.86. The molecule has 0 spiro atoms. The first-order valence-electron chi connectivity index (χ1n) is 9.74. The molecule has 4 rings (SSSR count). The minimum Gasteiger partial charge on any atom is -0.461 e. The van der Waals surface area contributed by atoms with Crippen LogP contribution in [-0.2, 0) is 6.54 Å². The smallest absolute Gasteiger partial charge is 0.322 e. The van der Waals surface area contributed by atoms with Gasteiger partial charge in [0.05, 0.1) is 0 Å². The normalized spacial score (nSPS) is 15.6. The lowest BCUT2D eigenvalue weighted by Crippen LogP contribution is -2.47. The molecule has 0 saturated carbocycles. The number of furan rings is 1. The summed E-state index contributed by atoms with van der Waals surface area (Å²) in [5.41, 5.74) is 2.70. The maximum Gasteiger partial charge on any atom is 0.322 e. The van der Waals surface area contributed by atoms with E-state index in [4.69, 9.17) is 4.42 Å². The van der Waals surface area contributed by atoms with E-state index in [0.717, 1.165) is 53.9 Å². The Bertz CT molecular complexity index is 946. The van der Waals surface area contributed by atoms with Gasteiger partial charge in [-0.25, -0.2) is 4.79 Å². The van der Waals surface area contributed by atoms with E-state index in [1.165, 1.54) is 0 Å². The largest absolute Gasteiger partial charge is 0.461 e. The fourth-order valence-corrected chi connectivity index (χ4v) is 3.81. The number of carbonyl (C=O) groups is 1. The molecule has 2 aromatic heterocycles. The molecule has 0 unspecified atom stereocenters. The molecule has 146 valence electrons. The third kappa shape index (κ3) is 4.17. The Labute approximate surface area is 165 Å². The van der Waals surface area contributed by atoms with Crippen molar-refractivity contribution >= 4 is 22.7 Å². The highest BCUT2D eigenvalue weighted by Crippen LogP contribution is 2.24. The SMILES string of the molecule is Cc1cc2cc(NC(=O)N(Cc3ccncc3)C3CCN(C)CC3)ccc2o1. The second-order valence-electron chi connectivity index (χ2n) is 7.56. The number of benzene rings is 1. The molecule has 1 aliphatic heterocycles. The molecule has 1 saturated heterocycles. The number of urea groups is 1. The van der Waals surface area contributed by atoms with Crippen molar-refractivity contribution in [2.45, 2.75) is 32.4 Å². The van der Waals surface area contributed by atoms with Crippen LogP contribution in [0.25, 0.3) is 11.0 Å². The lowest BCUT2D eigenvalue weighted by molar-refractivity contribution is 0.135. The van der Waals surface area contributed by atoms with Gasteiger partial charge in [0.1, 0.15) is 11.3 Å². The predicted octanol–water partition coefficient (Wildman–Crippen LogP) is 4.26. The van der Waals surface area contributed by atoms with E-state index in [1.54, 1.807) is 12.4 Å². The summed E-state index contributed by atoms with van der Waals surface area (Å²) in [5.74, 6) is 0.865. The molecule has 1 aromatic carbocycles. The van der Waals surface area contributed by atoms with E-state index in [2.05, 4.69) is 22.2 Å². The van der Waals surface area contributed by atoms with Crippen LogP contribution in [-0.4, -0.2) is 47.0 Å². The maximum absolute atomic E-state index is 13.2. The van der Waals surface area contributed by atoms with Crippen LogP contribution < -0.4 is 5.32 Å². The monoisotopic (exact) mass is 378 g/mol. The van der Waals surface area contributed by atoms with E-state index in [0.29, 0.717) is 6.54 Å². The molecule has 0 radical (unpaired) electrons. The zero-order valence-corrected chi connectivity index (χ0v) is 16.4. The number of pyridine rings is 1. The fraction of sp³-hybridized carbons (Fsp3) is 0.364. The number of fused-ring (bicyclic) bond motifs is 1. The number of piperidine rings is 1. The van der Waals surface area contributed by atoms with Gasteiger partial charge in [-0.3, -0.25) is 4.98 Å². The molecule has 0 aliphatic carbocycles. The van der Waals surface area contributed by atoms with Gasteiger partial charge in [-0.2, -0.15) is 0 Å². The highest BCUT2D eigenvalue weighted by molar-refractivity contribution is 5.92. The number of amides is 2. The van der Waals surface area contributed by atoms with Crippen molar-refractivity contribution < 1.29 is 9.21 Å². The Morgan fingerprint density at radius 1 is 1.21 bits per heavy atom. The predicted molar refractivity (Wildman–Crippen MR) is 110 cm³/mol. The van der Waals surface area contributed by atoms with Gasteiger partial charge in [0.25, 0.3) is 0 Å². The Balaban J connectivity index is 1.54. The third-order valence-electron chi connectivity index (χ3n) is 5.38. The van der Waals surface area contributed by atoms with Gasteiger partial charge in [-0.05, 0) is 81.9 Å². The van der Waals surface area contributed by atoms with Crippen molar-refractivity contribution in [2.24, 2.45) is 0 Å². The second kappa shape index (κ2) is 8.02. The van der Waals surface area contributed by atoms with Gasteiger partial charge < -0.3 is 19.5 Å². The zero-order chi connectivity index (χ0) is 19.5. The number of hydrogen-bond donors (Lipinski definition) is 1. The van der Waals surface area contributed by atoms with Crippen LogP contribution in [0, 0.1) is 6.92 Å². The van der Waals surface area contributed by atoms with Gasteiger partial charge in [0, 0.05) is 36.1 Å². The minimum absolute atomic E-state index is 0.0640. The van der Waals surface area contributed by atoms with Gasteiger partial charge in [0.2, 0.25) is 0 Å². The number of anilines is 1. The van der Waals surface area contributed by atoms with E-state index < -0.39 is 0 Å². The molecule has 1 fully saturated rings. The van der Waals surface area contributed by atoms with Crippen molar-refractivity contribution in [2.75, 3.05) is 25.5 Å². The molecule has 3 aromatic rings. The van der Waals surface area contributed by atoms with Crippen LogP contribution in [0.1, 0.15) is 24.2 Å². The lowest BCUT2D eigenvalue weighted by Gasteiger charge is -2.37. The summed E-state index contributed by atoms with van der Waals surface area (Å²) in [4.78, 5) is 21.6. The summed E-state index contributed by atoms with van der Waals surface area (Å²) in [6.45, 7) is 4.51. The van der Waals surface area contributed by atoms with Crippen LogP contribution in [0.3, 0.4) is 0 Å². The molecule has 1 N–H and O–H groups in total. The summed E-state index contributed by atoms with van der Waals surface area (Å²) >= 11 is 0. The number of carbonyl (C=O) groups excluding carboxylic acids is 1. The maximum atomic E-state index is 13.2. The van der Waals surface area contributed by atoms with Crippen LogP contribution in [0.5, 0.6) is 0 Å². The second-order valence-corrected chi connectivity index (χ2v) is 7.56. The molecule has 3 heterocycles. The van der Waals surface area contributed by atoms with Crippen molar-refractivity contribution in [3.8, 4) is 0 Å². The molecule has 28 heavy (non-hydrogen) atoms. The first kappa shape index (κ1) is 18.5. The Morgan fingerprint density at radius 2 is 1.96 bits per heavy atom. The van der Waals surface area contributed by atoms with Crippen molar-refractivity contribution in [3.63, 3.8) is 0 Å². The fourth-order valence-electron chi connectivity index (χ4n) is 3.81. The minimum atomic E-state index is -0.0640. The molecule has 0 bridgehead atoms. The summed E-state index contributed by atoms with van der Waals surface area (Å²) < 4.78 is 5.63. The van der Waals surface area contributed by atoms with E-state index in [-0.39, 0.29) is 12.1 Å². The van der Waals surface area contributed by atoms with Crippen LogP contribution in [0.2, 0.25) is 0 Å². The molecule has 6 nitrogen and oxygen atoms in total.